The molecule has 0 aliphatic heterocycles. The lowest BCUT2D eigenvalue weighted by Gasteiger charge is -2.31. The van der Waals surface area contributed by atoms with Gasteiger partial charge in [0.15, 0.2) is 5.16 Å². The van der Waals surface area contributed by atoms with Gasteiger partial charge in [-0.25, -0.2) is 9.89 Å². The van der Waals surface area contributed by atoms with Gasteiger partial charge in [0.1, 0.15) is 0 Å². The van der Waals surface area contributed by atoms with E-state index in [-0.39, 0.29) is 11.7 Å². The number of hydrogen-bond donors (Lipinski definition) is 2. The van der Waals surface area contributed by atoms with Gasteiger partial charge in [-0.2, -0.15) is 0 Å². The normalized spacial score (nSPS) is 24.0. The van der Waals surface area contributed by atoms with Crippen LogP contribution in [0.1, 0.15) is 52.5 Å². The van der Waals surface area contributed by atoms with Crippen LogP contribution in [0, 0.1) is 0 Å². The third kappa shape index (κ3) is 3.42. The van der Waals surface area contributed by atoms with E-state index < -0.39 is 0 Å². The standard InChI is InChI=1S/C13H24N4OS/c1-4-14-10-7-5-6-8-11(10)19-13-16-15-12(18)17(13)9(2)3/h9-11,14H,4-8H2,1-3H3,(H,15,18). The van der Waals surface area contributed by atoms with E-state index in [9.17, 15) is 4.79 Å². The van der Waals surface area contributed by atoms with Crippen LogP contribution in [0.3, 0.4) is 0 Å². The first-order valence-corrected chi connectivity index (χ1v) is 8.08. The van der Waals surface area contributed by atoms with E-state index in [1.807, 2.05) is 13.8 Å². The summed E-state index contributed by atoms with van der Waals surface area (Å²) in [7, 11) is 0. The summed E-state index contributed by atoms with van der Waals surface area (Å²) in [6, 6.07) is 0.686. The van der Waals surface area contributed by atoms with E-state index in [0.717, 1.165) is 11.7 Å². The van der Waals surface area contributed by atoms with Gasteiger partial charge in [0.2, 0.25) is 0 Å². The fraction of sp³-hybridized carbons (Fsp3) is 0.846. The molecular formula is C13H24N4OS. The van der Waals surface area contributed by atoms with Gasteiger partial charge in [-0.05, 0) is 33.2 Å². The van der Waals surface area contributed by atoms with Crippen molar-refractivity contribution in [2.75, 3.05) is 6.54 Å². The molecule has 19 heavy (non-hydrogen) atoms. The minimum Gasteiger partial charge on any atom is -0.313 e. The lowest BCUT2D eigenvalue weighted by molar-refractivity contribution is 0.389. The van der Waals surface area contributed by atoms with E-state index in [2.05, 4.69) is 22.4 Å². The second-order valence-electron chi connectivity index (χ2n) is 5.38. The van der Waals surface area contributed by atoms with Crippen molar-refractivity contribution in [3.63, 3.8) is 0 Å². The zero-order valence-electron chi connectivity index (χ0n) is 12.0. The molecule has 2 atom stereocenters. The third-order valence-electron chi connectivity index (χ3n) is 3.61. The largest absolute Gasteiger partial charge is 0.344 e. The van der Waals surface area contributed by atoms with Crippen molar-refractivity contribution < 1.29 is 0 Å². The molecule has 0 spiro atoms. The Bertz CT molecular complexity index is 452. The van der Waals surface area contributed by atoms with Gasteiger partial charge in [-0.1, -0.05) is 31.5 Å². The monoisotopic (exact) mass is 284 g/mol. The third-order valence-corrected chi connectivity index (χ3v) is 4.98. The van der Waals surface area contributed by atoms with E-state index in [1.54, 1.807) is 16.3 Å². The first kappa shape index (κ1) is 14.7. The molecule has 1 aromatic heterocycles. The fourth-order valence-electron chi connectivity index (χ4n) is 2.70. The number of H-pyrrole nitrogens is 1. The Hall–Kier alpha value is -0.750. The Morgan fingerprint density at radius 2 is 2.21 bits per heavy atom. The van der Waals surface area contributed by atoms with Crippen molar-refractivity contribution >= 4 is 11.8 Å². The van der Waals surface area contributed by atoms with Crippen molar-refractivity contribution in [2.24, 2.45) is 0 Å². The molecule has 0 saturated heterocycles. The predicted molar refractivity (Wildman–Crippen MR) is 78.8 cm³/mol. The minimum absolute atomic E-state index is 0.103. The molecule has 2 N–H and O–H groups in total. The molecule has 1 fully saturated rings. The second kappa shape index (κ2) is 6.61. The summed E-state index contributed by atoms with van der Waals surface area (Å²) in [5, 5.41) is 11.7. The van der Waals surface area contributed by atoms with Crippen molar-refractivity contribution in [3.8, 4) is 0 Å². The summed E-state index contributed by atoms with van der Waals surface area (Å²) in [6.07, 6.45) is 4.99. The quantitative estimate of drug-likeness (QED) is 0.870. The van der Waals surface area contributed by atoms with Crippen LogP contribution < -0.4 is 11.0 Å². The van der Waals surface area contributed by atoms with Gasteiger partial charge in [0.05, 0.1) is 0 Å². The smallest absolute Gasteiger partial charge is 0.313 e. The maximum absolute atomic E-state index is 11.7. The first-order valence-electron chi connectivity index (χ1n) is 7.20. The van der Waals surface area contributed by atoms with E-state index in [1.165, 1.54) is 25.7 Å². The van der Waals surface area contributed by atoms with Crippen molar-refractivity contribution in [3.05, 3.63) is 10.5 Å². The number of hydrogen-bond acceptors (Lipinski definition) is 4. The number of thioether (sulfide) groups is 1. The average molecular weight is 284 g/mol. The molecule has 2 rings (SSSR count). The van der Waals surface area contributed by atoms with Crippen LogP contribution in [0.25, 0.3) is 0 Å². The van der Waals surface area contributed by atoms with Gasteiger partial charge >= 0.3 is 5.69 Å². The average Bonchev–Trinajstić information content (AvgIpc) is 2.73. The molecule has 6 heteroatoms. The van der Waals surface area contributed by atoms with Crippen LogP contribution in [0.2, 0.25) is 0 Å². The molecular weight excluding hydrogens is 260 g/mol. The van der Waals surface area contributed by atoms with Gasteiger partial charge in [0.25, 0.3) is 0 Å². The van der Waals surface area contributed by atoms with Gasteiger partial charge in [0, 0.05) is 17.3 Å². The Morgan fingerprint density at radius 1 is 1.47 bits per heavy atom. The van der Waals surface area contributed by atoms with Crippen LogP contribution in [-0.2, 0) is 0 Å². The zero-order chi connectivity index (χ0) is 13.8. The van der Waals surface area contributed by atoms with E-state index in [4.69, 9.17) is 0 Å². The summed E-state index contributed by atoms with van der Waals surface area (Å²) in [5.41, 5.74) is -0.103. The molecule has 1 saturated carbocycles. The molecule has 0 bridgehead atoms. The molecule has 1 aliphatic rings. The number of nitrogens with one attached hydrogen (secondary N) is 2. The zero-order valence-corrected chi connectivity index (χ0v) is 12.8. The van der Waals surface area contributed by atoms with Crippen LogP contribution >= 0.6 is 11.8 Å². The summed E-state index contributed by atoms with van der Waals surface area (Å²) in [4.78, 5) is 11.7. The second-order valence-corrected chi connectivity index (χ2v) is 6.59. The molecule has 1 heterocycles. The van der Waals surface area contributed by atoms with Crippen molar-refractivity contribution in [1.82, 2.24) is 20.1 Å². The van der Waals surface area contributed by atoms with E-state index >= 15 is 0 Å². The Morgan fingerprint density at radius 3 is 2.89 bits per heavy atom. The number of rotatable bonds is 5. The molecule has 0 aromatic carbocycles. The van der Waals surface area contributed by atoms with Crippen LogP contribution in [0.15, 0.2) is 9.95 Å². The highest BCUT2D eigenvalue weighted by Crippen LogP contribution is 2.33. The molecule has 1 aromatic rings. The number of aromatic nitrogens is 3. The molecule has 0 amide bonds. The highest BCUT2D eigenvalue weighted by molar-refractivity contribution is 7.99. The summed E-state index contributed by atoms with van der Waals surface area (Å²) in [6.45, 7) is 7.18. The van der Waals surface area contributed by atoms with Crippen LogP contribution in [0.4, 0.5) is 0 Å². The summed E-state index contributed by atoms with van der Waals surface area (Å²) in [5.74, 6) is 0. The Labute approximate surface area is 118 Å². The van der Waals surface area contributed by atoms with Gasteiger partial charge in [-0.15, -0.1) is 5.10 Å². The lowest BCUT2D eigenvalue weighted by Crippen LogP contribution is -2.40. The lowest BCUT2D eigenvalue weighted by atomic mass is 9.95. The van der Waals surface area contributed by atoms with Crippen LogP contribution in [-0.4, -0.2) is 32.6 Å². The maximum Gasteiger partial charge on any atom is 0.344 e. The summed E-state index contributed by atoms with van der Waals surface area (Å²) >= 11 is 1.75. The molecule has 0 radical (unpaired) electrons. The van der Waals surface area contributed by atoms with Crippen molar-refractivity contribution in [1.29, 1.82) is 0 Å². The predicted octanol–water partition coefficient (Wildman–Crippen LogP) is 2.17. The van der Waals surface area contributed by atoms with Crippen molar-refractivity contribution in [2.45, 2.75) is 68.9 Å². The van der Waals surface area contributed by atoms with Gasteiger partial charge in [-0.3, -0.25) is 4.57 Å². The Kier molecular flexibility index (Phi) is 5.10. The molecule has 5 nitrogen and oxygen atoms in total. The summed E-state index contributed by atoms with van der Waals surface area (Å²) < 4.78 is 1.75. The first-order chi connectivity index (χ1) is 9.13. The number of nitrogens with zero attached hydrogens (tertiary/aromatic N) is 2. The van der Waals surface area contributed by atoms with Crippen LogP contribution in [0.5, 0.6) is 0 Å². The number of aromatic amines is 1. The topological polar surface area (TPSA) is 62.7 Å². The highest BCUT2D eigenvalue weighted by Gasteiger charge is 2.27. The SMILES string of the molecule is CCNC1CCCCC1Sc1n[nH]c(=O)n1C(C)C. The van der Waals surface area contributed by atoms with Gasteiger partial charge < -0.3 is 5.32 Å². The Balaban J connectivity index is 2.13. The molecule has 1 aliphatic carbocycles. The maximum atomic E-state index is 11.7. The minimum atomic E-state index is -0.103. The fourth-order valence-corrected chi connectivity index (χ4v) is 4.16. The highest BCUT2D eigenvalue weighted by atomic mass is 32.2. The van der Waals surface area contributed by atoms with E-state index in [0.29, 0.717) is 11.3 Å². The molecule has 108 valence electrons. The molecule has 2 unspecified atom stereocenters.